The highest BCUT2D eigenvalue weighted by Gasteiger charge is 2.45. The Kier molecular flexibility index (Phi) is 2.31. The van der Waals surface area contributed by atoms with Crippen molar-refractivity contribution in [2.75, 3.05) is 6.61 Å². The van der Waals surface area contributed by atoms with Crippen LogP contribution < -0.4 is 0 Å². The van der Waals surface area contributed by atoms with Crippen molar-refractivity contribution < 1.29 is 9.53 Å². The first-order chi connectivity index (χ1) is 6.26. The van der Waals surface area contributed by atoms with E-state index in [1.807, 2.05) is 6.92 Å². The zero-order chi connectivity index (χ0) is 9.31. The first-order valence-electron chi connectivity index (χ1n) is 5.42. The van der Waals surface area contributed by atoms with Crippen molar-refractivity contribution >= 4 is 5.97 Å². The Labute approximate surface area is 79.7 Å². The predicted molar refractivity (Wildman–Crippen MR) is 50.3 cm³/mol. The van der Waals surface area contributed by atoms with E-state index in [0.717, 1.165) is 12.8 Å². The van der Waals surface area contributed by atoms with Crippen molar-refractivity contribution in [3.63, 3.8) is 0 Å². The van der Waals surface area contributed by atoms with Gasteiger partial charge in [-0.2, -0.15) is 0 Å². The summed E-state index contributed by atoms with van der Waals surface area (Å²) in [4.78, 5) is 11.5. The fourth-order valence-electron chi connectivity index (χ4n) is 2.80. The number of esters is 1. The van der Waals surface area contributed by atoms with Crippen LogP contribution in [0, 0.1) is 11.3 Å². The Hall–Kier alpha value is -0.530. The Bertz CT molecular complexity index is 206. The fourth-order valence-corrected chi connectivity index (χ4v) is 2.80. The van der Waals surface area contributed by atoms with Gasteiger partial charge in [0, 0.05) is 0 Å². The normalized spacial score (nSPS) is 30.1. The Morgan fingerprint density at radius 3 is 2.69 bits per heavy atom. The van der Waals surface area contributed by atoms with Gasteiger partial charge in [-0.05, 0) is 44.4 Å². The summed E-state index contributed by atoms with van der Waals surface area (Å²) in [6.07, 6.45) is 7.50. The largest absolute Gasteiger partial charge is 0.466 e. The lowest BCUT2D eigenvalue weighted by Crippen LogP contribution is -2.27. The van der Waals surface area contributed by atoms with Gasteiger partial charge in [0.2, 0.25) is 0 Å². The molecular formula is C11H18O2. The van der Waals surface area contributed by atoms with Crippen molar-refractivity contribution in [3.8, 4) is 0 Å². The minimum Gasteiger partial charge on any atom is -0.466 e. The molecule has 0 heterocycles. The van der Waals surface area contributed by atoms with Gasteiger partial charge >= 0.3 is 5.97 Å². The highest BCUT2D eigenvalue weighted by atomic mass is 16.5. The van der Waals surface area contributed by atoms with Crippen LogP contribution >= 0.6 is 0 Å². The highest BCUT2D eigenvalue weighted by Crippen LogP contribution is 2.55. The van der Waals surface area contributed by atoms with E-state index in [4.69, 9.17) is 4.74 Å². The van der Waals surface area contributed by atoms with Crippen LogP contribution in [0.4, 0.5) is 0 Å². The summed E-state index contributed by atoms with van der Waals surface area (Å²) in [5.41, 5.74) is 0.567. The Balaban J connectivity index is 1.87. The second-order valence-corrected chi connectivity index (χ2v) is 4.55. The molecule has 2 saturated carbocycles. The quantitative estimate of drug-likeness (QED) is 0.613. The number of rotatable bonds is 2. The van der Waals surface area contributed by atoms with Gasteiger partial charge in [0.1, 0.15) is 0 Å². The van der Waals surface area contributed by atoms with Gasteiger partial charge in [0.05, 0.1) is 12.5 Å². The molecule has 2 nitrogen and oxygen atoms in total. The minimum absolute atomic E-state index is 0.0475. The molecule has 0 amide bonds. The van der Waals surface area contributed by atoms with Gasteiger partial charge in [0.25, 0.3) is 0 Å². The molecule has 0 aromatic heterocycles. The van der Waals surface area contributed by atoms with Crippen molar-refractivity contribution in [1.82, 2.24) is 0 Å². The third-order valence-electron chi connectivity index (χ3n) is 3.74. The van der Waals surface area contributed by atoms with Gasteiger partial charge in [-0.15, -0.1) is 0 Å². The van der Waals surface area contributed by atoms with E-state index in [1.54, 1.807) is 0 Å². The van der Waals surface area contributed by atoms with Crippen molar-refractivity contribution in [1.29, 1.82) is 0 Å². The molecule has 1 spiro atoms. The van der Waals surface area contributed by atoms with Gasteiger partial charge in [0.15, 0.2) is 0 Å². The number of hydrogen-bond acceptors (Lipinski definition) is 2. The monoisotopic (exact) mass is 182 g/mol. The first kappa shape index (κ1) is 9.04. The van der Waals surface area contributed by atoms with E-state index in [-0.39, 0.29) is 11.9 Å². The van der Waals surface area contributed by atoms with Crippen molar-refractivity contribution in [3.05, 3.63) is 0 Å². The maximum atomic E-state index is 11.5. The van der Waals surface area contributed by atoms with Crippen LogP contribution in [0.3, 0.4) is 0 Å². The lowest BCUT2D eigenvalue weighted by molar-refractivity contribution is -0.148. The second kappa shape index (κ2) is 3.32. The summed E-state index contributed by atoms with van der Waals surface area (Å²) in [5, 5.41) is 0. The maximum absolute atomic E-state index is 11.5. The molecule has 74 valence electrons. The SMILES string of the molecule is CCOC(=O)C1CCC2(CCC2)C1. The lowest BCUT2D eigenvalue weighted by Gasteiger charge is -2.38. The minimum atomic E-state index is 0.0475. The van der Waals surface area contributed by atoms with Crippen LogP contribution in [0.15, 0.2) is 0 Å². The molecule has 0 N–H and O–H groups in total. The molecule has 13 heavy (non-hydrogen) atoms. The van der Waals surface area contributed by atoms with E-state index < -0.39 is 0 Å². The average Bonchev–Trinajstić information content (AvgIpc) is 2.47. The molecule has 2 rings (SSSR count). The summed E-state index contributed by atoms with van der Waals surface area (Å²) in [6.45, 7) is 2.41. The number of hydrogen-bond donors (Lipinski definition) is 0. The van der Waals surface area contributed by atoms with E-state index in [2.05, 4.69) is 0 Å². The molecule has 0 aromatic rings. The number of carbonyl (C=O) groups is 1. The molecule has 2 aliphatic carbocycles. The molecule has 0 radical (unpaired) electrons. The molecule has 0 aromatic carbocycles. The number of carbonyl (C=O) groups excluding carboxylic acids is 1. The fraction of sp³-hybridized carbons (Fsp3) is 0.909. The summed E-state index contributed by atoms with van der Waals surface area (Å²) < 4.78 is 5.05. The van der Waals surface area contributed by atoms with E-state index >= 15 is 0 Å². The maximum Gasteiger partial charge on any atom is 0.308 e. The zero-order valence-electron chi connectivity index (χ0n) is 8.34. The second-order valence-electron chi connectivity index (χ2n) is 4.55. The first-order valence-corrected chi connectivity index (χ1v) is 5.42. The van der Waals surface area contributed by atoms with Crippen molar-refractivity contribution in [2.24, 2.45) is 11.3 Å². The molecule has 1 atom stereocenters. The third-order valence-corrected chi connectivity index (χ3v) is 3.74. The topological polar surface area (TPSA) is 26.3 Å². The standard InChI is InChI=1S/C11H18O2/c1-2-13-10(12)9-4-7-11(8-9)5-3-6-11/h9H,2-8H2,1H3. The molecule has 0 saturated heterocycles. The molecule has 2 fully saturated rings. The van der Waals surface area contributed by atoms with E-state index in [9.17, 15) is 4.79 Å². The van der Waals surface area contributed by atoms with Crippen LogP contribution in [0.1, 0.15) is 45.4 Å². The smallest absolute Gasteiger partial charge is 0.308 e. The van der Waals surface area contributed by atoms with E-state index in [0.29, 0.717) is 12.0 Å². The zero-order valence-corrected chi connectivity index (χ0v) is 8.34. The van der Waals surface area contributed by atoms with E-state index in [1.165, 1.54) is 25.7 Å². The molecule has 2 heteroatoms. The van der Waals surface area contributed by atoms with Crippen LogP contribution in [0.5, 0.6) is 0 Å². The Morgan fingerprint density at radius 1 is 1.46 bits per heavy atom. The highest BCUT2D eigenvalue weighted by molar-refractivity contribution is 5.72. The summed E-state index contributed by atoms with van der Waals surface area (Å²) in [7, 11) is 0. The van der Waals surface area contributed by atoms with Gasteiger partial charge in [-0.1, -0.05) is 6.42 Å². The van der Waals surface area contributed by atoms with Crippen LogP contribution in [-0.4, -0.2) is 12.6 Å². The molecule has 0 bridgehead atoms. The lowest BCUT2D eigenvalue weighted by atomic mass is 9.67. The number of ether oxygens (including phenoxy) is 1. The molecule has 1 unspecified atom stereocenters. The van der Waals surface area contributed by atoms with Gasteiger partial charge in [-0.25, -0.2) is 0 Å². The summed E-state index contributed by atoms with van der Waals surface area (Å²) in [5.74, 6) is 0.270. The van der Waals surface area contributed by atoms with Crippen LogP contribution in [0.2, 0.25) is 0 Å². The predicted octanol–water partition coefficient (Wildman–Crippen LogP) is 2.52. The molecule has 2 aliphatic rings. The summed E-state index contributed by atoms with van der Waals surface area (Å²) in [6, 6.07) is 0. The molecular weight excluding hydrogens is 164 g/mol. The molecule has 0 aliphatic heterocycles. The van der Waals surface area contributed by atoms with Crippen molar-refractivity contribution in [2.45, 2.75) is 45.4 Å². The Morgan fingerprint density at radius 2 is 2.23 bits per heavy atom. The third kappa shape index (κ3) is 1.59. The summed E-state index contributed by atoms with van der Waals surface area (Å²) >= 11 is 0. The van der Waals surface area contributed by atoms with Crippen LogP contribution in [0.25, 0.3) is 0 Å². The van der Waals surface area contributed by atoms with Gasteiger partial charge < -0.3 is 4.74 Å². The van der Waals surface area contributed by atoms with Crippen LogP contribution in [-0.2, 0) is 9.53 Å². The van der Waals surface area contributed by atoms with Gasteiger partial charge in [-0.3, -0.25) is 4.79 Å². The average molecular weight is 182 g/mol.